The minimum absolute atomic E-state index is 0.0628. The molecule has 0 fully saturated rings. The van der Waals surface area contributed by atoms with Crippen molar-refractivity contribution in [2.45, 2.75) is 26.8 Å². The van der Waals surface area contributed by atoms with E-state index >= 15 is 0 Å². The highest BCUT2D eigenvalue weighted by Gasteiger charge is 2.13. The molecule has 0 spiro atoms. The smallest absolute Gasteiger partial charge is 0.251 e. The van der Waals surface area contributed by atoms with Crippen molar-refractivity contribution in [1.82, 2.24) is 14.9 Å². The van der Waals surface area contributed by atoms with Crippen molar-refractivity contribution in [3.63, 3.8) is 0 Å². The van der Waals surface area contributed by atoms with Gasteiger partial charge in [-0.3, -0.25) is 4.79 Å². The summed E-state index contributed by atoms with van der Waals surface area (Å²) in [5, 5.41) is 3.62. The van der Waals surface area contributed by atoms with Crippen molar-refractivity contribution in [3.05, 3.63) is 94.3 Å². The molecule has 5 nitrogen and oxygen atoms in total. The van der Waals surface area contributed by atoms with Crippen LogP contribution in [0.5, 0.6) is 5.75 Å². The van der Waals surface area contributed by atoms with E-state index in [9.17, 15) is 4.79 Å². The van der Waals surface area contributed by atoms with Crippen molar-refractivity contribution < 1.29 is 9.53 Å². The number of rotatable bonds is 8. The molecule has 0 bridgehead atoms. The summed E-state index contributed by atoms with van der Waals surface area (Å²) in [6, 6.07) is 21.3. The van der Waals surface area contributed by atoms with Gasteiger partial charge in [0.1, 0.15) is 18.2 Å². The van der Waals surface area contributed by atoms with Crippen molar-refractivity contribution in [3.8, 4) is 5.75 Å². The Morgan fingerprint density at radius 3 is 2.66 bits per heavy atom. The summed E-state index contributed by atoms with van der Waals surface area (Å²) >= 11 is 6.20. The number of amides is 1. The lowest BCUT2D eigenvalue weighted by molar-refractivity contribution is 0.0953. The standard InChI is InChI=1S/C26H26ClN3O2/c1-18-11-12-20(19(2)17-18)26(31)28-14-13-25-29-22-8-4-5-9-23(22)30(25)15-16-32-24-10-6-3-7-21(24)27/h3-12,17H,13-16H2,1-2H3,(H,28,31). The Labute approximate surface area is 193 Å². The third kappa shape index (κ3) is 4.94. The van der Waals surface area contributed by atoms with Crippen LogP contribution in [0.25, 0.3) is 11.0 Å². The number of hydrogen-bond acceptors (Lipinski definition) is 3. The van der Waals surface area contributed by atoms with Crippen LogP contribution in [-0.2, 0) is 13.0 Å². The second kappa shape index (κ2) is 9.88. The highest BCUT2D eigenvalue weighted by Crippen LogP contribution is 2.23. The lowest BCUT2D eigenvalue weighted by Crippen LogP contribution is -2.27. The number of benzene rings is 3. The van der Waals surface area contributed by atoms with Crippen LogP contribution in [0.1, 0.15) is 27.3 Å². The highest BCUT2D eigenvalue weighted by molar-refractivity contribution is 6.32. The van der Waals surface area contributed by atoms with Crippen molar-refractivity contribution in [2.24, 2.45) is 0 Å². The summed E-state index contributed by atoms with van der Waals surface area (Å²) in [5.41, 5.74) is 4.81. The van der Waals surface area contributed by atoms with E-state index in [0.29, 0.717) is 42.5 Å². The number of nitrogens with zero attached hydrogens (tertiary/aromatic N) is 2. The lowest BCUT2D eigenvalue weighted by atomic mass is 10.1. The first-order valence-electron chi connectivity index (χ1n) is 10.7. The first-order chi connectivity index (χ1) is 15.5. The number of aromatic nitrogens is 2. The molecule has 1 N–H and O–H groups in total. The fourth-order valence-electron chi connectivity index (χ4n) is 3.83. The summed E-state index contributed by atoms with van der Waals surface area (Å²) in [4.78, 5) is 17.4. The van der Waals surface area contributed by atoms with Crippen molar-refractivity contribution >= 4 is 28.5 Å². The molecule has 3 aromatic carbocycles. The van der Waals surface area contributed by atoms with E-state index in [1.807, 2.05) is 74.5 Å². The van der Waals surface area contributed by atoms with Crippen LogP contribution in [0.2, 0.25) is 5.02 Å². The molecule has 0 unspecified atom stereocenters. The number of imidazole rings is 1. The van der Waals surface area contributed by atoms with Gasteiger partial charge in [-0.05, 0) is 49.7 Å². The number of halogens is 1. The fourth-order valence-corrected chi connectivity index (χ4v) is 4.02. The van der Waals surface area contributed by atoms with Gasteiger partial charge in [0.05, 0.1) is 22.6 Å². The van der Waals surface area contributed by atoms with Gasteiger partial charge in [-0.1, -0.05) is 53.6 Å². The molecule has 0 saturated heterocycles. The minimum atomic E-state index is -0.0628. The van der Waals surface area contributed by atoms with E-state index in [-0.39, 0.29) is 5.91 Å². The van der Waals surface area contributed by atoms with Gasteiger partial charge in [-0.15, -0.1) is 0 Å². The first kappa shape index (κ1) is 21.9. The third-order valence-corrected chi connectivity index (χ3v) is 5.72. The van der Waals surface area contributed by atoms with Crippen LogP contribution in [0.3, 0.4) is 0 Å². The molecule has 0 atom stereocenters. The van der Waals surface area contributed by atoms with Gasteiger partial charge in [0.15, 0.2) is 0 Å². The van der Waals surface area contributed by atoms with E-state index in [1.54, 1.807) is 0 Å². The van der Waals surface area contributed by atoms with Gasteiger partial charge < -0.3 is 14.6 Å². The van der Waals surface area contributed by atoms with E-state index in [0.717, 1.165) is 28.0 Å². The van der Waals surface area contributed by atoms with E-state index in [1.165, 1.54) is 0 Å². The summed E-state index contributed by atoms with van der Waals surface area (Å²) in [7, 11) is 0. The molecule has 0 aliphatic rings. The van der Waals surface area contributed by atoms with Crippen molar-refractivity contribution in [2.75, 3.05) is 13.2 Å². The topological polar surface area (TPSA) is 56.2 Å². The quantitative estimate of drug-likeness (QED) is 0.395. The number of aryl methyl sites for hydroxylation is 2. The largest absolute Gasteiger partial charge is 0.490 e. The molecule has 6 heteroatoms. The van der Waals surface area contributed by atoms with Crippen LogP contribution in [0, 0.1) is 13.8 Å². The van der Waals surface area contributed by atoms with E-state index < -0.39 is 0 Å². The molecule has 164 valence electrons. The van der Waals surface area contributed by atoms with Gasteiger partial charge in [0, 0.05) is 18.5 Å². The zero-order chi connectivity index (χ0) is 22.5. The van der Waals surface area contributed by atoms with Gasteiger partial charge in [-0.25, -0.2) is 4.98 Å². The Hall–Kier alpha value is -3.31. The van der Waals surface area contributed by atoms with Gasteiger partial charge in [0.25, 0.3) is 5.91 Å². The summed E-state index contributed by atoms with van der Waals surface area (Å²) in [5.74, 6) is 1.52. The second-order valence-electron chi connectivity index (χ2n) is 7.77. The number of ether oxygens (including phenoxy) is 1. The maximum absolute atomic E-state index is 12.6. The third-order valence-electron chi connectivity index (χ3n) is 5.40. The molecule has 0 saturated carbocycles. The zero-order valence-electron chi connectivity index (χ0n) is 18.3. The van der Waals surface area contributed by atoms with Crippen LogP contribution < -0.4 is 10.1 Å². The van der Waals surface area contributed by atoms with Crippen LogP contribution >= 0.6 is 11.6 Å². The molecule has 4 aromatic rings. The molecule has 0 aliphatic heterocycles. The Kier molecular flexibility index (Phi) is 6.76. The predicted molar refractivity (Wildman–Crippen MR) is 129 cm³/mol. The van der Waals surface area contributed by atoms with Crippen LogP contribution in [0.4, 0.5) is 0 Å². The highest BCUT2D eigenvalue weighted by atomic mass is 35.5. The predicted octanol–water partition coefficient (Wildman–Crippen LogP) is 5.36. The Balaban J connectivity index is 1.44. The molecule has 0 aliphatic carbocycles. The number of carbonyl (C=O) groups excluding carboxylic acids is 1. The molecular formula is C26H26ClN3O2. The number of nitrogens with one attached hydrogen (secondary N) is 1. The van der Waals surface area contributed by atoms with Gasteiger partial charge in [0.2, 0.25) is 0 Å². The monoisotopic (exact) mass is 447 g/mol. The normalized spacial score (nSPS) is 11.0. The maximum Gasteiger partial charge on any atom is 0.251 e. The van der Waals surface area contributed by atoms with E-state index in [4.69, 9.17) is 21.3 Å². The van der Waals surface area contributed by atoms with Crippen LogP contribution in [-0.4, -0.2) is 28.6 Å². The summed E-state index contributed by atoms with van der Waals surface area (Å²) in [6.45, 7) is 5.58. The SMILES string of the molecule is Cc1ccc(C(=O)NCCc2nc3ccccc3n2CCOc2ccccc2Cl)c(C)c1. The molecule has 0 radical (unpaired) electrons. The van der Waals surface area contributed by atoms with Gasteiger partial charge in [-0.2, -0.15) is 0 Å². The maximum atomic E-state index is 12.6. The first-order valence-corrected chi connectivity index (χ1v) is 11.1. The summed E-state index contributed by atoms with van der Waals surface area (Å²) < 4.78 is 8.04. The zero-order valence-corrected chi connectivity index (χ0v) is 19.0. The molecule has 4 rings (SSSR count). The molecule has 1 heterocycles. The molecule has 32 heavy (non-hydrogen) atoms. The minimum Gasteiger partial charge on any atom is -0.490 e. The fraction of sp³-hybridized carbons (Fsp3) is 0.231. The van der Waals surface area contributed by atoms with Gasteiger partial charge >= 0.3 is 0 Å². The van der Waals surface area contributed by atoms with E-state index in [2.05, 4.69) is 16.0 Å². The molecule has 1 aromatic heterocycles. The Morgan fingerprint density at radius 2 is 1.84 bits per heavy atom. The average Bonchev–Trinajstić information content (AvgIpc) is 3.12. The number of hydrogen-bond donors (Lipinski definition) is 1. The molecule has 1 amide bonds. The lowest BCUT2D eigenvalue weighted by Gasteiger charge is -2.12. The molecular weight excluding hydrogens is 422 g/mol. The Morgan fingerprint density at radius 1 is 1.06 bits per heavy atom. The van der Waals surface area contributed by atoms with Crippen molar-refractivity contribution in [1.29, 1.82) is 0 Å². The number of carbonyl (C=O) groups is 1. The number of fused-ring (bicyclic) bond motifs is 1. The van der Waals surface area contributed by atoms with Crippen LogP contribution in [0.15, 0.2) is 66.7 Å². The Bertz CT molecular complexity index is 1250. The summed E-state index contributed by atoms with van der Waals surface area (Å²) in [6.07, 6.45) is 0.622. The second-order valence-corrected chi connectivity index (χ2v) is 8.18. The average molecular weight is 448 g/mol. The number of para-hydroxylation sites is 3.